The molecule has 140 valence electrons. The molecular weight excluding hydrogens is 394 g/mol. The van der Waals surface area contributed by atoms with E-state index in [0.717, 1.165) is 35.2 Å². The summed E-state index contributed by atoms with van der Waals surface area (Å²) in [7, 11) is 0. The lowest BCUT2D eigenvalue weighted by Gasteiger charge is -2.14. The number of benzene rings is 2. The molecule has 0 spiro atoms. The Morgan fingerprint density at radius 3 is 2.69 bits per heavy atom. The smallest absolute Gasteiger partial charge is 0.255 e. The molecule has 0 aliphatic heterocycles. The van der Waals surface area contributed by atoms with Gasteiger partial charge in [-0.25, -0.2) is 0 Å². The number of rotatable bonds is 9. The minimum Gasteiger partial charge on any atom is -0.492 e. The van der Waals surface area contributed by atoms with Gasteiger partial charge < -0.3 is 14.8 Å². The van der Waals surface area contributed by atoms with Crippen LogP contribution in [0.4, 0.5) is 5.69 Å². The molecule has 0 saturated heterocycles. The Balaban J connectivity index is 2.03. The molecule has 2 aromatic carbocycles. The van der Waals surface area contributed by atoms with E-state index >= 15 is 0 Å². The lowest BCUT2D eigenvalue weighted by molar-refractivity contribution is 0.102. The minimum atomic E-state index is -0.175. The van der Waals surface area contributed by atoms with Crippen molar-refractivity contribution in [1.29, 1.82) is 0 Å². The Labute approximate surface area is 164 Å². The fourth-order valence-corrected chi connectivity index (χ4v) is 2.74. The standard InChI is InChI=1S/C21H26BrNO3/c1-4-6-12-25-20-11-10-16(13-19(20)22)21(24)23-17-8-7-9-18(14-17)26-15(3)5-2/h7-11,13-15H,4-6,12H2,1-3H3,(H,23,24). The first kappa shape index (κ1) is 20.3. The number of carbonyl (C=O) groups is 1. The van der Waals surface area contributed by atoms with E-state index in [1.165, 1.54) is 0 Å². The molecule has 0 heterocycles. The van der Waals surface area contributed by atoms with Gasteiger partial charge >= 0.3 is 0 Å². The Kier molecular flexibility index (Phi) is 7.98. The molecule has 0 aliphatic carbocycles. The number of unbranched alkanes of at least 4 members (excludes halogenated alkanes) is 1. The number of halogens is 1. The maximum atomic E-state index is 12.5. The number of hydrogen-bond acceptors (Lipinski definition) is 3. The summed E-state index contributed by atoms with van der Waals surface area (Å²) in [5.74, 6) is 1.32. The van der Waals surface area contributed by atoms with Crippen LogP contribution in [-0.4, -0.2) is 18.6 Å². The second-order valence-corrected chi connectivity index (χ2v) is 7.02. The van der Waals surface area contributed by atoms with Crippen LogP contribution in [0.1, 0.15) is 50.4 Å². The third kappa shape index (κ3) is 6.06. The normalized spacial score (nSPS) is 11.7. The van der Waals surface area contributed by atoms with Crippen LogP contribution in [0.15, 0.2) is 46.9 Å². The van der Waals surface area contributed by atoms with Crippen molar-refractivity contribution in [1.82, 2.24) is 0 Å². The molecule has 4 nitrogen and oxygen atoms in total. The van der Waals surface area contributed by atoms with Crippen molar-refractivity contribution in [2.24, 2.45) is 0 Å². The number of ether oxygens (including phenoxy) is 2. The van der Waals surface area contributed by atoms with Crippen LogP contribution in [0.3, 0.4) is 0 Å². The molecule has 1 amide bonds. The highest BCUT2D eigenvalue weighted by atomic mass is 79.9. The van der Waals surface area contributed by atoms with Gasteiger partial charge in [0.15, 0.2) is 0 Å². The highest BCUT2D eigenvalue weighted by Gasteiger charge is 2.10. The first-order valence-electron chi connectivity index (χ1n) is 9.03. The zero-order valence-electron chi connectivity index (χ0n) is 15.5. The number of nitrogens with one attached hydrogen (secondary N) is 1. The van der Waals surface area contributed by atoms with Gasteiger partial charge in [0, 0.05) is 17.3 Å². The lowest BCUT2D eigenvalue weighted by atomic mass is 10.2. The van der Waals surface area contributed by atoms with Gasteiger partial charge in [-0.2, -0.15) is 0 Å². The van der Waals surface area contributed by atoms with Crippen molar-refractivity contribution >= 4 is 27.5 Å². The summed E-state index contributed by atoms with van der Waals surface area (Å²) in [5.41, 5.74) is 1.27. The van der Waals surface area contributed by atoms with Crippen molar-refractivity contribution in [3.8, 4) is 11.5 Å². The second kappa shape index (κ2) is 10.2. The van der Waals surface area contributed by atoms with E-state index in [0.29, 0.717) is 17.9 Å². The third-order valence-electron chi connectivity index (χ3n) is 3.95. The summed E-state index contributed by atoms with van der Waals surface area (Å²) in [5, 5.41) is 2.91. The molecule has 5 heteroatoms. The van der Waals surface area contributed by atoms with E-state index in [1.807, 2.05) is 37.3 Å². The molecule has 2 rings (SSSR count). The molecule has 1 atom stereocenters. The summed E-state index contributed by atoms with van der Waals surface area (Å²) < 4.78 is 12.3. The zero-order chi connectivity index (χ0) is 18.9. The third-order valence-corrected chi connectivity index (χ3v) is 4.57. The second-order valence-electron chi connectivity index (χ2n) is 6.17. The van der Waals surface area contributed by atoms with Crippen molar-refractivity contribution in [2.75, 3.05) is 11.9 Å². The van der Waals surface area contributed by atoms with Crippen molar-refractivity contribution in [3.63, 3.8) is 0 Å². The first-order valence-corrected chi connectivity index (χ1v) is 9.83. The van der Waals surface area contributed by atoms with E-state index in [1.54, 1.807) is 12.1 Å². The van der Waals surface area contributed by atoms with Gasteiger partial charge in [-0.15, -0.1) is 0 Å². The van der Waals surface area contributed by atoms with Crippen molar-refractivity contribution in [2.45, 2.75) is 46.1 Å². The highest BCUT2D eigenvalue weighted by Crippen LogP contribution is 2.27. The SMILES string of the molecule is CCCCOc1ccc(C(=O)Nc2cccc(OC(C)CC)c2)cc1Br. The quantitative estimate of drug-likeness (QED) is 0.502. The Morgan fingerprint density at radius 1 is 1.19 bits per heavy atom. The summed E-state index contributed by atoms with van der Waals surface area (Å²) in [4.78, 5) is 12.5. The molecule has 0 radical (unpaired) electrons. The van der Waals surface area contributed by atoms with E-state index in [9.17, 15) is 4.79 Å². The van der Waals surface area contributed by atoms with E-state index in [-0.39, 0.29) is 12.0 Å². The fraction of sp³-hybridized carbons (Fsp3) is 0.381. The minimum absolute atomic E-state index is 0.136. The summed E-state index contributed by atoms with van der Waals surface area (Å²) in [6, 6.07) is 12.8. The van der Waals surface area contributed by atoms with E-state index < -0.39 is 0 Å². The molecule has 0 aliphatic rings. The number of anilines is 1. The van der Waals surface area contributed by atoms with Gasteiger partial charge in [0.1, 0.15) is 11.5 Å². The van der Waals surface area contributed by atoms with Gasteiger partial charge in [0.05, 0.1) is 17.2 Å². The molecule has 0 saturated carbocycles. The molecule has 2 aromatic rings. The maximum absolute atomic E-state index is 12.5. The topological polar surface area (TPSA) is 47.6 Å². The Hall–Kier alpha value is -2.01. The van der Waals surface area contributed by atoms with E-state index in [4.69, 9.17) is 9.47 Å². The number of carbonyl (C=O) groups excluding carboxylic acids is 1. The van der Waals surface area contributed by atoms with Gasteiger partial charge in [-0.3, -0.25) is 4.79 Å². The van der Waals surface area contributed by atoms with Crippen molar-refractivity contribution in [3.05, 3.63) is 52.5 Å². The first-order chi connectivity index (χ1) is 12.5. The highest BCUT2D eigenvalue weighted by molar-refractivity contribution is 9.10. The van der Waals surface area contributed by atoms with Gasteiger partial charge in [0.25, 0.3) is 5.91 Å². The van der Waals surface area contributed by atoms with Crippen LogP contribution < -0.4 is 14.8 Å². The molecule has 0 aromatic heterocycles. The largest absolute Gasteiger partial charge is 0.492 e. The van der Waals surface area contributed by atoms with Crippen LogP contribution in [0.25, 0.3) is 0 Å². The van der Waals surface area contributed by atoms with Crippen LogP contribution in [-0.2, 0) is 0 Å². The molecule has 1 N–H and O–H groups in total. The van der Waals surface area contributed by atoms with Crippen molar-refractivity contribution < 1.29 is 14.3 Å². The molecule has 26 heavy (non-hydrogen) atoms. The molecule has 1 unspecified atom stereocenters. The molecular formula is C21H26BrNO3. The average molecular weight is 420 g/mol. The predicted octanol–water partition coefficient (Wildman–Crippen LogP) is 6.06. The summed E-state index contributed by atoms with van der Waals surface area (Å²) in [6.07, 6.45) is 3.15. The van der Waals surface area contributed by atoms with Crippen LogP contribution in [0.5, 0.6) is 11.5 Å². The van der Waals surface area contributed by atoms with Crippen LogP contribution in [0, 0.1) is 0 Å². The maximum Gasteiger partial charge on any atom is 0.255 e. The number of hydrogen-bond donors (Lipinski definition) is 1. The monoisotopic (exact) mass is 419 g/mol. The number of amides is 1. The molecule has 0 bridgehead atoms. The zero-order valence-corrected chi connectivity index (χ0v) is 17.1. The Morgan fingerprint density at radius 2 is 2.00 bits per heavy atom. The fourth-order valence-electron chi connectivity index (χ4n) is 2.25. The van der Waals surface area contributed by atoms with Gasteiger partial charge in [-0.1, -0.05) is 26.3 Å². The summed E-state index contributed by atoms with van der Waals surface area (Å²) >= 11 is 3.47. The van der Waals surface area contributed by atoms with Crippen LogP contribution >= 0.6 is 15.9 Å². The molecule has 0 fully saturated rings. The lowest BCUT2D eigenvalue weighted by Crippen LogP contribution is -2.13. The van der Waals surface area contributed by atoms with Gasteiger partial charge in [0.2, 0.25) is 0 Å². The predicted molar refractivity (Wildman–Crippen MR) is 109 cm³/mol. The van der Waals surface area contributed by atoms with Crippen LogP contribution in [0.2, 0.25) is 0 Å². The average Bonchev–Trinajstić information content (AvgIpc) is 2.63. The Bertz CT molecular complexity index is 733. The summed E-state index contributed by atoms with van der Waals surface area (Å²) in [6.45, 7) is 6.88. The van der Waals surface area contributed by atoms with E-state index in [2.05, 4.69) is 35.1 Å². The van der Waals surface area contributed by atoms with Gasteiger partial charge in [-0.05, 0) is 66.0 Å².